The summed E-state index contributed by atoms with van der Waals surface area (Å²) >= 11 is 0. The second-order valence-electron chi connectivity index (χ2n) is 4.54. The van der Waals surface area contributed by atoms with Gasteiger partial charge >= 0.3 is 0 Å². The number of hydrogen-bond donors (Lipinski definition) is 0. The molecule has 0 radical (unpaired) electrons. The number of carbonyl (C=O) groups is 1. The molecule has 0 unspecified atom stereocenters. The topological polar surface area (TPSA) is 26.3 Å². The van der Waals surface area contributed by atoms with Crippen LogP contribution in [-0.2, 0) is 9.53 Å². The summed E-state index contributed by atoms with van der Waals surface area (Å²) in [4.78, 5) is 12.2. The highest BCUT2D eigenvalue weighted by atomic mass is 16.5. The monoisotopic (exact) mass is 214 g/mol. The van der Waals surface area contributed by atoms with Gasteiger partial charge in [0.2, 0.25) is 0 Å². The van der Waals surface area contributed by atoms with Gasteiger partial charge in [-0.05, 0) is 11.1 Å². The fraction of sp³-hybridized carbons (Fsp3) is 0.357. The van der Waals surface area contributed by atoms with Gasteiger partial charge in [0.15, 0.2) is 5.78 Å². The molecule has 1 aliphatic carbocycles. The van der Waals surface area contributed by atoms with E-state index in [0.29, 0.717) is 19.1 Å². The number of fused-ring (bicyclic) bond motifs is 1. The minimum atomic E-state index is 0.0905. The third kappa shape index (κ3) is 1.26. The predicted molar refractivity (Wildman–Crippen MR) is 61.8 cm³/mol. The van der Waals surface area contributed by atoms with Crippen LogP contribution in [0.1, 0.15) is 12.5 Å². The number of Topliss-reactive ketones (excluding diaryl/α,β-unsaturated/α-hetero) is 1. The van der Waals surface area contributed by atoms with Gasteiger partial charge in [-0.25, -0.2) is 0 Å². The van der Waals surface area contributed by atoms with Crippen molar-refractivity contribution in [2.75, 3.05) is 13.2 Å². The van der Waals surface area contributed by atoms with E-state index in [4.69, 9.17) is 4.74 Å². The third-order valence-corrected chi connectivity index (χ3v) is 3.65. The molecule has 16 heavy (non-hydrogen) atoms. The fourth-order valence-electron chi connectivity index (χ4n) is 2.71. The van der Waals surface area contributed by atoms with Gasteiger partial charge in [-0.2, -0.15) is 0 Å². The minimum Gasteiger partial charge on any atom is -0.376 e. The number of allylic oxidation sites excluding steroid dienone is 1. The molecule has 1 fully saturated rings. The second-order valence-corrected chi connectivity index (χ2v) is 4.54. The van der Waals surface area contributed by atoms with Gasteiger partial charge in [0, 0.05) is 17.4 Å². The van der Waals surface area contributed by atoms with Crippen LogP contribution in [0.25, 0.3) is 5.57 Å². The van der Waals surface area contributed by atoms with Gasteiger partial charge < -0.3 is 4.74 Å². The highest BCUT2D eigenvalue weighted by molar-refractivity contribution is 6.25. The van der Waals surface area contributed by atoms with Crippen molar-refractivity contribution in [2.24, 2.45) is 11.8 Å². The number of ketones is 1. The minimum absolute atomic E-state index is 0.0905. The fourth-order valence-corrected chi connectivity index (χ4v) is 2.71. The molecule has 2 aliphatic rings. The van der Waals surface area contributed by atoms with Crippen LogP contribution in [0.4, 0.5) is 0 Å². The van der Waals surface area contributed by atoms with Crippen LogP contribution in [0.5, 0.6) is 0 Å². The lowest BCUT2D eigenvalue weighted by molar-refractivity contribution is -0.117. The Hall–Kier alpha value is -1.41. The van der Waals surface area contributed by atoms with Crippen LogP contribution in [0.15, 0.2) is 35.9 Å². The highest BCUT2D eigenvalue weighted by Crippen LogP contribution is 2.42. The molecule has 0 N–H and O–H groups in total. The summed E-state index contributed by atoms with van der Waals surface area (Å²) in [5, 5.41) is 0. The van der Waals surface area contributed by atoms with Crippen LogP contribution < -0.4 is 0 Å². The van der Waals surface area contributed by atoms with Gasteiger partial charge in [0.25, 0.3) is 0 Å². The molecule has 1 heterocycles. The van der Waals surface area contributed by atoms with Crippen LogP contribution in [0.2, 0.25) is 0 Å². The second kappa shape index (κ2) is 3.56. The largest absolute Gasteiger partial charge is 0.376 e. The molecular weight excluding hydrogens is 200 g/mol. The summed E-state index contributed by atoms with van der Waals surface area (Å²) in [6.45, 7) is 3.35. The predicted octanol–water partition coefficient (Wildman–Crippen LogP) is 2.31. The zero-order valence-electron chi connectivity index (χ0n) is 9.27. The normalized spacial score (nSPS) is 28.7. The quantitative estimate of drug-likeness (QED) is 0.717. The number of benzene rings is 1. The molecule has 1 saturated heterocycles. The summed E-state index contributed by atoms with van der Waals surface area (Å²) in [5.41, 5.74) is 3.17. The Bertz CT molecular complexity index is 459. The average Bonchev–Trinajstić information content (AvgIpc) is 2.86. The first-order valence-electron chi connectivity index (χ1n) is 5.69. The molecule has 0 saturated carbocycles. The molecule has 82 valence electrons. The van der Waals surface area contributed by atoms with E-state index in [1.54, 1.807) is 0 Å². The first kappa shape index (κ1) is 9.79. The summed E-state index contributed by atoms with van der Waals surface area (Å²) < 4.78 is 5.47. The Morgan fingerprint density at radius 3 is 2.75 bits per heavy atom. The van der Waals surface area contributed by atoms with Crippen LogP contribution in [0.3, 0.4) is 0 Å². The van der Waals surface area contributed by atoms with Crippen molar-refractivity contribution in [1.29, 1.82) is 0 Å². The lowest BCUT2D eigenvalue weighted by Crippen LogP contribution is -2.15. The Morgan fingerprint density at radius 1 is 1.25 bits per heavy atom. The van der Waals surface area contributed by atoms with E-state index < -0.39 is 0 Å². The molecule has 1 aliphatic heterocycles. The molecule has 0 aromatic heterocycles. The Kier molecular flexibility index (Phi) is 2.18. The first-order chi connectivity index (χ1) is 7.79. The van der Waals surface area contributed by atoms with E-state index >= 15 is 0 Å². The molecule has 0 bridgehead atoms. The van der Waals surface area contributed by atoms with Gasteiger partial charge in [0.1, 0.15) is 0 Å². The van der Waals surface area contributed by atoms with Crippen molar-refractivity contribution in [3.05, 3.63) is 41.5 Å². The van der Waals surface area contributed by atoms with E-state index in [1.807, 2.05) is 37.3 Å². The van der Waals surface area contributed by atoms with E-state index in [-0.39, 0.29) is 11.7 Å². The van der Waals surface area contributed by atoms with Gasteiger partial charge in [0.05, 0.1) is 13.2 Å². The number of ether oxygens (including phenoxy) is 1. The molecule has 2 nitrogen and oxygen atoms in total. The standard InChI is InChI=1S/C14H14O2/c1-9-11-7-16-8-12(11)13(14(9)15)10-5-3-2-4-6-10/h2-6,9,11H,7-8H2,1H3/t9-,11-/m0/s1. The van der Waals surface area contributed by atoms with Crippen molar-refractivity contribution in [2.45, 2.75) is 6.92 Å². The lowest BCUT2D eigenvalue weighted by Gasteiger charge is -2.08. The van der Waals surface area contributed by atoms with Gasteiger partial charge in [-0.1, -0.05) is 37.3 Å². The maximum absolute atomic E-state index is 12.2. The van der Waals surface area contributed by atoms with Crippen LogP contribution in [-0.4, -0.2) is 19.0 Å². The molecule has 1 aromatic rings. The van der Waals surface area contributed by atoms with Crippen molar-refractivity contribution in [1.82, 2.24) is 0 Å². The maximum atomic E-state index is 12.2. The van der Waals surface area contributed by atoms with Crippen molar-refractivity contribution in [3.63, 3.8) is 0 Å². The number of hydrogen-bond acceptors (Lipinski definition) is 2. The van der Waals surface area contributed by atoms with Crippen molar-refractivity contribution < 1.29 is 9.53 Å². The zero-order chi connectivity index (χ0) is 11.1. The Morgan fingerprint density at radius 2 is 2.00 bits per heavy atom. The molecule has 2 heteroatoms. The first-order valence-corrected chi connectivity index (χ1v) is 5.69. The highest BCUT2D eigenvalue weighted by Gasteiger charge is 2.42. The molecule has 0 amide bonds. The summed E-state index contributed by atoms with van der Waals surface area (Å²) in [5.74, 6) is 0.699. The Balaban J connectivity index is 2.12. The van der Waals surface area contributed by atoms with E-state index in [2.05, 4.69) is 0 Å². The lowest BCUT2D eigenvalue weighted by atomic mass is 9.95. The van der Waals surface area contributed by atoms with Crippen molar-refractivity contribution in [3.8, 4) is 0 Å². The van der Waals surface area contributed by atoms with Crippen LogP contribution in [0, 0.1) is 11.8 Å². The molecule has 0 spiro atoms. The van der Waals surface area contributed by atoms with Gasteiger partial charge in [-0.15, -0.1) is 0 Å². The average molecular weight is 214 g/mol. The molecule has 2 atom stereocenters. The van der Waals surface area contributed by atoms with E-state index in [0.717, 1.165) is 11.1 Å². The number of rotatable bonds is 1. The summed E-state index contributed by atoms with van der Waals surface area (Å²) in [6.07, 6.45) is 0. The van der Waals surface area contributed by atoms with Crippen LogP contribution >= 0.6 is 0 Å². The Labute approximate surface area is 94.9 Å². The van der Waals surface area contributed by atoms with E-state index in [1.165, 1.54) is 5.57 Å². The molecule has 3 rings (SSSR count). The SMILES string of the molecule is C[C@@H]1C(=O)C(c2ccccc2)=C2COC[C@H]21. The molecule has 1 aromatic carbocycles. The van der Waals surface area contributed by atoms with Gasteiger partial charge in [-0.3, -0.25) is 4.79 Å². The number of carbonyl (C=O) groups excluding carboxylic acids is 1. The molecular formula is C14H14O2. The maximum Gasteiger partial charge on any atom is 0.167 e. The zero-order valence-corrected chi connectivity index (χ0v) is 9.27. The summed E-state index contributed by atoms with van der Waals surface area (Å²) in [7, 11) is 0. The van der Waals surface area contributed by atoms with E-state index in [9.17, 15) is 4.79 Å². The third-order valence-electron chi connectivity index (χ3n) is 3.65. The summed E-state index contributed by atoms with van der Waals surface area (Å²) in [6, 6.07) is 9.94. The smallest absolute Gasteiger partial charge is 0.167 e. The van der Waals surface area contributed by atoms with Crippen molar-refractivity contribution >= 4 is 11.4 Å².